The van der Waals surface area contributed by atoms with Gasteiger partial charge in [0.15, 0.2) is 0 Å². The maximum Gasteiger partial charge on any atom is 0.262 e. The van der Waals surface area contributed by atoms with Gasteiger partial charge in [0, 0.05) is 23.6 Å². The van der Waals surface area contributed by atoms with Crippen molar-refractivity contribution in [3.63, 3.8) is 0 Å². The molecule has 0 amide bonds. The van der Waals surface area contributed by atoms with Crippen molar-refractivity contribution in [3.8, 4) is 0 Å². The van der Waals surface area contributed by atoms with Gasteiger partial charge in [0.2, 0.25) is 5.52 Å². The molecular weight excluding hydrogens is 472 g/mol. The van der Waals surface area contributed by atoms with Crippen molar-refractivity contribution in [3.05, 3.63) is 95.0 Å². The van der Waals surface area contributed by atoms with Crippen molar-refractivity contribution in [2.75, 3.05) is 11.4 Å². The smallest absolute Gasteiger partial charge is 0.262 e. The third-order valence-electron chi connectivity index (χ3n) is 4.83. The largest absolute Gasteiger partial charge is 1.00 e. The van der Waals surface area contributed by atoms with E-state index in [4.69, 9.17) is 0 Å². The number of hydrogen-bond acceptors (Lipinski definition) is 3. The molecule has 0 fully saturated rings. The molecular formula is C25H25BrN2S2. The van der Waals surface area contributed by atoms with E-state index in [1.54, 1.807) is 0 Å². The van der Waals surface area contributed by atoms with Gasteiger partial charge in [-0.2, -0.15) is 4.57 Å². The molecule has 0 saturated carbocycles. The first-order chi connectivity index (χ1) is 14.3. The van der Waals surface area contributed by atoms with Crippen LogP contribution in [0.25, 0.3) is 16.3 Å². The van der Waals surface area contributed by atoms with Crippen LogP contribution in [0.1, 0.15) is 18.9 Å². The van der Waals surface area contributed by atoms with Gasteiger partial charge in [-0.1, -0.05) is 77.7 Å². The maximum atomic E-state index is 2.36. The number of anilines is 1. The molecule has 2 nitrogen and oxygen atoms in total. The fourth-order valence-corrected chi connectivity index (χ4v) is 5.75. The van der Waals surface area contributed by atoms with E-state index >= 15 is 0 Å². The Kier molecular flexibility index (Phi) is 8.14. The van der Waals surface area contributed by atoms with Crippen molar-refractivity contribution in [2.45, 2.75) is 25.3 Å². The van der Waals surface area contributed by atoms with E-state index in [0.717, 1.165) is 13.1 Å². The van der Waals surface area contributed by atoms with Crippen molar-refractivity contribution in [2.24, 2.45) is 0 Å². The molecule has 0 spiro atoms. The predicted molar refractivity (Wildman–Crippen MR) is 128 cm³/mol. The van der Waals surface area contributed by atoms with Crippen LogP contribution in [0.2, 0.25) is 0 Å². The van der Waals surface area contributed by atoms with Crippen molar-refractivity contribution in [1.29, 1.82) is 0 Å². The zero-order valence-corrected chi connectivity index (χ0v) is 20.4. The second-order valence-electron chi connectivity index (χ2n) is 6.60. The Balaban J connectivity index is 0.00000256. The van der Waals surface area contributed by atoms with E-state index in [0.29, 0.717) is 0 Å². The zero-order chi connectivity index (χ0) is 20.1. The van der Waals surface area contributed by atoms with Crippen LogP contribution >= 0.6 is 23.1 Å². The Hall–Kier alpha value is -2.08. The highest BCUT2D eigenvalue weighted by molar-refractivity contribution is 8.03. The second kappa shape index (κ2) is 10.8. The summed E-state index contributed by atoms with van der Waals surface area (Å²) in [6, 6.07) is 17.2. The quantitative estimate of drug-likeness (QED) is 0.378. The summed E-state index contributed by atoms with van der Waals surface area (Å²) in [7, 11) is 0. The van der Waals surface area contributed by atoms with Gasteiger partial charge in [0.05, 0.1) is 10.7 Å². The van der Waals surface area contributed by atoms with Crippen LogP contribution in [0, 0.1) is 0 Å². The molecule has 2 aromatic carbocycles. The molecule has 30 heavy (non-hydrogen) atoms. The van der Waals surface area contributed by atoms with Crippen LogP contribution in [-0.4, -0.2) is 6.54 Å². The lowest BCUT2D eigenvalue weighted by Gasteiger charge is -2.17. The Bertz CT molecular complexity index is 1130. The van der Waals surface area contributed by atoms with E-state index in [1.807, 2.05) is 23.1 Å². The van der Waals surface area contributed by atoms with Gasteiger partial charge in [-0.15, -0.1) is 0 Å². The summed E-state index contributed by atoms with van der Waals surface area (Å²) in [4.78, 5) is 3.69. The highest BCUT2D eigenvalue weighted by atomic mass is 79.9. The van der Waals surface area contributed by atoms with Crippen LogP contribution < -0.4 is 26.4 Å². The minimum absolute atomic E-state index is 0. The number of halogens is 1. The first kappa shape index (κ1) is 22.6. The number of rotatable bonds is 6. The molecule has 1 aliphatic heterocycles. The lowest BCUT2D eigenvalue weighted by molar-refractivity contribution is -0.665. The van der Waals surface area contributed by atoms with Gasteiger partial charge in [0.25, 0.3) is 5.01 Å². The number of thioether (sulfide) groups is 1. The minimum Gasteiger partial charge on any atom is -1.00 e. The van der Waals surface area contributed by atoms with Crippen LogP contribution in [0.3, 0.4) is 0 Å². The standard InChI is InChI=1S/C25H25N2S2.BrH/c1-3-26-20-14-10-12-16-22(20)28-24(26)18-8-6-5-7-9-19-25-27(4-2)21-15-11-13-17-23(21)29-25;/h5-19H,3-4H2,1-2H3;1H/q+1;/p-1. The number of benzene rings is 2. The molecule has 0 radical (unpaired) electrons. The average Bonchev–Trinajstić information content (AvgIpc) is 3.29. The molecule has 4 rings (SSSR count). The lowest BCUT2D eigenvalue weighted by Crippen LogP contribution is -3.00. The third kappa shape index (κ3) is 4.80. The third-order valence-corrected chi connectivity index (χ3v) is 7.09. The summed E-state index contributed by atoms with van der Waals surface area (Å²) in [6.45, 7) is 6.35. The molecule has 1 aliphatic rings. The van der Waals surface area contributed by atoms with E-state index in [9.17, 15) is 0 Å². The molecule has 3 aromatic rings. The fraction of sp³-hybridized carbons (Fsp3) is 0.160. The highest BCUT2D eigenvalue weighted by Gasteiger charge is 2.22. The normalized spacial score (nSPS) is 15.1. The number of fused-ring (bicyclic) bond motifs is 2. The van der Waals surface area contributed by atoms with Gasteiger partial charge in [-0.25, -0.2) is 0 Å². The Labute approximate surface area is 197 Å². The van der Waals surface area contributed by atoms with Gasteiger partial charge >= 0.3 is 0 Å². The summed E-state index contributed by atoms with van der Waals surface area (Å²) in [5.41, 5.74) is 2.62. The number of para-hydroxylation sites is 2. The van der Waals surface area contributed by atoms with Crippen LogP contribution in [0.15, 0.2) is 94.9 Å². The number of aromatic nitrogens is 1. The van der Waals surface area contributed by atoms with Gasteiger partial charge in [-0.3, -0.25) is 0 Å². The lowest BCUT2D eigenvalue weighted by atomic mass is 10.3. The number of nitrogens with zero attached hydrogens (tertiary/aromatic N) is 2. The van der Waals surface area contributed by atoms with Crippen molar-refractivity contribution in [1.82, 2.24) is 0 Å². The average molecular weight is 498 g/mol. The molecule has 0 saturated heterocycles. The zero-order valence-electron chi connectivity index (χ0n) is 17.2. The molecule has 1 aromatic heterocycles. The first-order valence-corrected chi connectivity index (χ1v) is 11.6. The summed E-state index contributed by atoms with van der Waals surface area (Å²) in [5, 5.41) is 2.56. The van der Waals surface area contributed by atoms with E-state index in [1.165, 1.54) is 30.8 Å². The summed E-state index contributed by atoms with van der Waals surface area (Å²) in [6.07, 6.45) is 14.9. The summed E-state index contributed by atoms with van der Waals surface area (Å²) in [5.74, 6) is 0. The summed E-state index contributed by atoms with van der Waals surface area (Å²) < 4.78 is 3.69. The van der Waals surface area contributed by atoms with Gasteiger partial charge < -0.3 is 21.9 Å². The SMILES string of the molecule is CCN1C(=CC=CC=CC=Cc2sc3ccccc3[n+]2CC)Sc2ccccc21.[Br-]. The van der Waals surface area contributed by atoms with Crippen molar-refractivity contribution >= 4 is 45.1 Å². The van der Waals surface area contributed by atoms with E-state index < -0.39 is 0 Å². The Morgan fingerprint density at radius 3 is 2.47 bits per heavy atom. The number of hydrogen-bond donors (Lipinski definition) is 0. The topological polar surface area (TPSA) is 7.12 Å². The number of allylic oxidation sites excluding steroid dienone is 6. The van der Waals surface area contributed by atoms with Crippen molar-refractivity contribution < 1.29 is 21.5 Å². The fourth-order valence-electron chi connectivity index (χ4n) is 3.47. The highest BCUT2D eigenvalue weighted by Crippen LogP contribution is 2.45. The maximum absolute atomic E-state index is 2.36. The number of thiazole rings is 1. The van der Waals surface area contributed by atoms with E-state index in [2.05, 4.69) is 114 Å². The molecule has 0 aliphatic carbocycles. The Morgan fingerprint density at radius 2 is 1.63 bits per heavy atom. The molecule has 154 valence electrons. The van der Waals surface area contributed by atoms with Gasteiger partial charge in [-0.05, 0) is 38.1 Å². The molecule has 0 unspecified atom stereocenters. The molecule has 0 N–H and O–H groups in total. The monoisotopic (exact) mass is 496 g/mol. The number of aryl methyl sites for hydroxylation is 1. The van der Waals surface area contributed by atoms with Crippen LogP contribution in [0.4, 0.5) is 5.69 Å². The molecule has 0 bridgehead atoms. The second-order valence-corrected chi connectivity index (χ2v) is 8.72. The van der Waals surface area contributed by atoms with Gasteiger partial charge in [0.1, 0.15) is 11.2 Å². The molecule has 2 heterocycles. The van der Waals surface area contributed by atoms with Crippen LogP contribution in [0.5, 0.6) is 0 Å². The Morgan fingerprint density at radius 1 is 0.900 bits per heavy atom. The molecule has 5 heteroatoms. The first-order valence-electron chi connectivity index (χ1n) is 9.99. The van der Waals surface area contributed by atoms with E-state index in [-0.39, 0.29) is 17.0 Å². The summed E-state index contributed by atoms with van der Waals surface area (Å²) >= 11 is 3.67. The minimum atomic E-state index is 0. The predicted octanol–water partition coefficient (Wildman–Crippen LogP) is 3.81. The van der Waals surface area contributed by atoms with Crippen LogP contribution in [-0.2, 0) is 6.54 Å². The molecule has 0 atom stereocenters.